The first-order valence-electron chi connectivity index (χ1n) is 7.36. The van der Waals surface area contributed by atoms with Crippen molar-refractivity contribution >= 4 is 6.09 Å². The van der Waals surface area contributed by atoms with E-state index in [9.17, 15) is 9.90 Å². The smallest absolute Gasteiger partial charge is 0.410 e. The average Bonchev–Trinajstić information content (AvgIpc) is 2.24. The number of amides is 1. The molecule has 20 heavy (non-hydrogen) atoms. The molecule has 0 saturated carbocycles. The van der Waals surface area contributed by atoms with Crippen molar-refractivity contribution < 1.29 is 14.6 Å². The van der Waals surface area contributed by atoms with Crippen LogP contribution < -0.4 is 5.32 Å². The summed E-state index contributed by atoms with van der Waals surface area (Å²) in [6.07, 6.45) is 0.869. The first-order valence-corrected chi connectivity index (χ1v) is 7.36. The van der Waals surface area contributed by atoms with E-state index >= 15 is 0 Å². The molecule has 5 heteroatoms. The fourth-order valence-electron chi connectivity index (χ4n) is 2.04. The maximum atomic E-state index is 11.9. The van der Waals surface area contributed by atoms with Gasteiger partial charge in [0, 0.05) is 25.2 Å². The normalized spacial score (nSPS) is 19.9. The van der Waals surface area contributed by atoms with Gasteiger partial charge in [0.1, 0.15) is 5.60 Å². The Morgan fingerprint density at radius 2 is 1.70 bits per heavy atom. The molecule has 1 heterocycles. The minimum Gasteiger partial charge on any atom is -0.444 e. The predicted molar refractivity (Wildman–Crippen MR) is 79.7 cm³/mol. The number of hydrogen-bond donors (Lipinski definition) is 2. The Morgan fingerprint density at radius 1 is 1.20 bits per heavy atom. The number of rotatable bonds is 2. The predicted octanol–water partition coefficient (Wildman–Crippen LogP) is 2.14. The topological polar surface area (TPSA) is 61.8 Å². The van der Waals surface area contributed by atoms with Crippen LogP contribution in [0.5, 0.6) is 0 Å². The summed E-state index contributed by atoms with van der Waals surface area (Å²) in [7, 11) is 0. The highest BCUT2D eigenvalue weighted by atomic mass is 16.6. The Morgan fingerprint density at radius 3 is 2.10 bits per heavy atom. The molecule has 5 nitrogen and oxygen atoms in total. The zero-order valence-electron chi connectivity index (χ0n) is 13.7. The summed E-state index contributed by atoms with van der Waals surface area (Å²) in [5.41, 5.74) is -1.22. The summed E-state index contributed by atoms with van der Waals surface area (Å²) in [4.78, 5) is 13.6. The number of nitrogens with one attached hydrogen (secondary N) is 1. The van der Waals surface area contributed by atoms with E-state index < -0.39 is 11.2 Å². The molecule has 2 N–H and O–H groups in total. The molecular weight excluding hydrogens is 256 g/mol. The Labute approximate surface area is 122 Å². The van der Waals surface area contributed by atoms with Crippen LogP contribution in [0.1, 0.15) is 54.4 Å². The number of likely N-dealkylation sites (tertiary alicyclic amines) is 1. The second-order valence-electron chi connectivity index (χ2n) is 7.80. The molecule has 1 amide bonds. The number of aliphatic hydroxyl groups is 1. The standard InChI is InChI=1S/C15H30N2O3/c1-13(2,3)16-11-15(19)7-9-17(10-8-15)12(18)20-14(4,5)6/h16,19H,7-11H2,1-6H3. The Balaban J connectivity index is 2.44. The van der Waals surface area contributed by atoms with Crippen LogP contribution in [-0.2, 0) is 4.74 Å². The van der Waals surface area contributed by atoms with Crippen molar-refractivity contribution in [3.05, 3.63) is 0 Å². The number of β-amino-alcohol motifs (C(OH)–C–C–N with tert-alkyl or cyclic N) is 1. The third kappa shape index (κ3) is 6.09. The lowest BCUT2D eigenvalue weighted by Crippen LogP contribution is -2.54. The maximum Gasteiger partial charge on any atom is 0.410 e. The number of hydrogen-bond acceptors (Lipinski definition) is 4. The van der Waals surface area contributed by atoms with E-state index in [0.717, 1.165) is 0 Å². The van der Waals surface area contributed by atoms with Gasteiger partial charge in [0.15, 0.2) is 0 Å². The van der Waals surface area contributed by atoms with Gasteiger partial charge >= 0.3 is 6.09 Å². The highest BCUT2D eigenvalue weighted by Gasteiger charge is 2.35. The van der Waals surface area contributed by atoms with Crippen LogP contribution in [0.2, 0.25) is 0 Å². The van der Waals surface area contributed by atoms with E-state index in [-0.39, 0.29) is 11.6 Å². The van der Waals surface area contributed by atoms with Gasteiger partial charge in [0.2, 0.25) is 0 Å². The fraction of sp³-hybridized carbons (Fsp3) is 0.933. The zero-order valence-corrected chi connectivity index (χ0v) is 13.7. The molecule has 1 aliphatic heterocycles. The number of ether oxygens (including phenoxy) is 1. The molecule has 0 aromatic rings. The summed E-state index contributed by atoms with van der Waals surface area (Å²) < 4.78 is 5.35. The SMILES string of the molecule is CC(C)(C)NCC1(O)CCN(C(=O)OC(C)(C)C)CC1. The quantitative estimate of drug-likeness (QED) is 0.816. The van der Waals surface area contributed by atoms with Crippen LogP contribution in [-0.4, -0.2) is 52.5 Å². The fourth-order valence-corrected chi connectivity index (χ4v) is 2.04. The zero-order chi connectivity index (χ0) is 15.6. The molecular formula is C15H30N2O3. The molecule has 0 aromatic heterocycles. The lowest BCUT2D eigenvalue weighted by molar-refractivity contribution is -0.0335. The van der Waals surface area contributed by atoms with Crippen molar-refractivity contribution in [2.45, 2.75) is 71.1 Å². The van der Waals surface area contributed by atoms with Crippen LogP contribution in [0.4, 0.5) is 4.79 Å². The maximum absolute atomic E-state index is 11.9. The summed E-state index contributed by atoms with van der Waals surface area (Å²) in [6, 6.07) is 0. The van der Waals surface area contributed by atoms with E-state index in [1.165, 1.54) is 0 Å². The third-order valence-corrected chi connectivity index (χ3v) is 3.29. The van der Waals surface area contributed by atoms with Crippen LogP contribution in [0.3, 0.4) is 0 Å². The number of piperidine rings is 1. The Hall–Kier alpha value is -0.810. The first kappa shape index (κ1) is 17.2. The molecule has 0 spiro atoms. The summed E-state index contributed by atoms with van der Waals surface area (Å²) in [5.74, 6) is 0. The van der Waals surface area contributed by atoms with Gasteiger partial charge in [0.25, 0.3) is 0 Å². The van der Waals surface area contributed by atoms with Gasteiger partial charge in [-0.25, -0.2) is 4.79 Å². The minimum absolute atomic E-state index is 0.0158. The van der Waals surface area contributed by atoms with E-state index in [1.807, 2.05) is 20.8 Å². The van der Waals surface area contributed by atoms with E-state index in [4.69, 9.17) is 4.74 Å². The lowest BCUT2D eigenvalue weighted by Gasteiger charge is -2.40. The van der Waals surface area contributed by atoms with Gasteiger partial charge in [-0.05, 0) is 54.4 Å². The number of nitrogens with zero attached hydrogens (tertiary/aromatic N) is 1. The van der Waals surface area contributed by atoms with Gasteiger partial charge in [-0.2, -0.15) is 0 Å². The van der Waals surface area contributed by atoms with Gasteiger partial charge < -0.3 is 20.1 Å². The van der Waals surface area contributed by atoms with Crippen LogP contribution in [0.15, 0.2) is 0 Å². The van der Waals surface area contributed by atoms with Crippen molar-refractivity contribution in [2.24, 2.45) is 0 Å². The lowest BCUT2D eigenvalue weighted by atomic mass is 9.90. The van der Waals surface area contributed by atoms with E-state index in [2.05, 4.69) is 26.1 Å². The van der Waals surface area contributed by atoms with Crippen LogP contribution in [0, 0.1) is 0 Å². The molecule has 1 rings (SSSR count). The van der Waals surface area contributed by atoms with Crippen molar-refractivity contribution in [3.8, 4) is 0 Å². The molecule has 0 atom stereocenters. The van der Waals surface area contributed by atoms with Crippen molar-refractivity contribution in [3.63, 3.8) is 0 Å². The largest absolute Gasteiger partial charge is 0.444 e. The first-order chi connectivity index (χ1) is 8.90. The van der Waals surface area contributed by atoms with E-state index in [0.29, 0.717) is 32.5 Å². The highest BCUT2D eigenvalue weighted by molar-refractivity contribution is 5.68. The van der Waals surface area contributed by atoms with Gasteiger partial charge in [0.05, 0.1) is 5.60 Å². The monoisotopic (exact) mass is 286 g/mol. The molecule has 0 aromatic carbocycles. The van der Waals surface area contributed by atoms with Crippen molar-refractivity contribution in [1.82, 2.24) is 10.2 Å². The molecule has 118 valence electrons. The molecule has 0 unspecified atom stereocenters. The highest BCUT2D eigenvalue weighted by Crippen LogP contribution is 2.23. The second kappa shape index (κ2) is 5.90. The minimum atomic E-state index is -0.730. The molecule has 1 aliphatic rings. The van der Waals surface area contributed by atoms with Crippen molar-refractivity contribution in [2.75, 3.05) is 19.6 Å². The molecule has 0 bridgehead atoms. The summed E-state index contributed by atoms with van der Waals surface area (Å²) in [5, 5.41) is 13.9. The number of carbonyl (C=O) groups excluding carboxylic acids is 1. The third-order valence-electron chi connectivity index (χ3n) is 3.29. The summed E-state index contributed by atoms with van der Waals surface area (Å²) in [6.45, 7) is 13.4. The van der Waals surface area contributed by atoms with Gasteiger partial charge in [-0.1, -0.05) is 0 Å². The second-order valence-corrected chi connectivity index (χ2v) is 7.80. The van der Waals surface area contributed by atoms with E-state index in [1.54, 1.807) is 4.90 Å². The van der Waals surface area contributed by atoms with Crippen LogP contribution >= 0.6 is 0 Å². The number of carbonyl (C=O) groups is 1. The summed E-state index contributed by atoms with van der Waals surface area (Å²) >= 11 is 0. The molecule has 1 fully saturated rings. The molecule has 1 saturated heterocycles. The van der Waals surface area contributed by atoms with Crippen molar-refractivity contribution in [1.29, 1.82) is 0 Å². The average molecular weight is 286 g/mol. The Bertz CT molecular complexity index is 334. The van der Waals surface area contributed by atoms with Crippen LogP contribution in [0.25, 0.3) is 0 Å². The van der Waals surface area contributed by atoms with Gasteiger partial charge in [-0.3, -0.25) is 0 Å². The molecule has 0 aliphatic carbocycles. The molecule has 0 radical (unpaired) electrons. The Kier molecular flexibility index (Phi) is 5.08. The van der Waals surface area contributed by atoms with Gasteiger partial charge in [-0.15, -0.1) is 0 Å².